The smallest absolute Gasteiger partial charge is 0.274 e. The first-order valence-electron chi connectivity index (χ1n) is 10.3. The highest BCUT2D eigenvalue weighted by Crippen LogP contribution is 2.36. The number of methoxy groups -OCH3 is 1. The third-order valence-corrected chi connectivity index (χ3v) is 6.29. The minimum Gasteiger partial charge on any atom is -0.503 e. The van der Waals surface area contributed by atoms with Gasteiger partial charge in [0.2, 0.25) is 5.43 Å². The van der Waals surface area contributed by atoms with Gasteiger partial charge in [0.15, 0.2) is 11.4 Å². The van der Waals surface area contributed by atoms with Gasteiger partial charge < -0.3 is 29.4 Å². The standard InChI is InChI=1S/C22H23ClFN3O6/c1-32-7-5-26-11-22(4-6-33-12-22)27-10-14(18(28)19(29)17(27)21(26)31)20(30)25-9-13-2-3-16(24)15(23)8-13/h2-3,8,10,29H,4-7,9,11-12H2,1H3,(H,25,30). The molecule has 0 bridgehead atoms. The Bertz CT molecular complexity index is 1160. The molecule has 1 aromatic heterocycles. The molecule has 9 nitrogen and oxygen atoms in total. The van der Waals surface area contributed by atoms with Crippen molar-refractivity contribution in [1.29, 1.82) is 0 Å². The lowest BCUT2D eigenvalue weighted by atomic mass is 9.92. The Morgan fingerprint density at radius 3 is 2.85 bits per heavy atom. The van der Waals surface area contributed by atoms with E-state index in [1.165, 1.54) is 41.0 Å². The molecule has 2 aliphatic heterocycles. The number of aromatic nitrogens is 1. The van der Waals surface area contributed by atoms with Crippen molar-refractivity contribution in [3.63, 3.8) is 0 Å². The fourth-order valence-corrected chi connectivity index (χ4v) is 4.42. The van der Waals surface area contributed by atoms with Crippen LogP contribution in [-0.2, 0) is 21.6 Å². The number of hydrogen-bond donors (Lipinski definition) is 2. The zero-order valence-corrected chi connectivity index (χ0v) is 18.7. The number of nitrogens with zero attached hydrogens (tertiary/aromatic N) is 2. The number of amides is 2. The third kappa shape index (κ3) is 4.21. The van der Waals surface area contributed by atoms with Gasteiger partial charge in [-0.05, 0) is 24.1 Å². The molecule has 33 heavy (non-hydrogen) atoms. The molecule has 1 spiro atoms. The maximum absolute atomic E-state index is 13.4. The quantitative estimate of drug-likeness (QED) is 0.649. The van der Waals surface area contributed by atoms with E-state index in [9.17, 15) is 23.9 Å². The second kappa shape index (κ2) is 9.12. The topological polar surface area (TPSA) is 110 Å². The first-order chi connectivity index (χ1) is 15.8. The molecule has 176 valence electrons. The van der Waals surface area contributed by atoms with Crippen molar-refractivity contribution in [1.82, 2.24) is 14.8 Å². The van der Waals surface area contributed by atoms with Crippen LogP contribution in [0.4, 0.5) is 4.39 Å². The fraction of sp³-hybridized carbons (Fsp3) is 0.409. The highest BCUT2D eigenvalue weighted by Gasteiger charge is 2.47. The third-order valence-electron chi connectivity index (χ3n) is 6.00. The Kier molecular flexibility index (Phi) is 6.42. The van der Waals surface area contributed by atoms with Gasteiger partial charge in [0.25, 0.3) is 11.8 Å². The van der Waals surface area contributed by atoms with Crippen LogP contribution in [0.5, 0.6) is 5.75 Å². The Morgan fingerprint density at radius 1 is 1.39 bits per heavy atom. The van der Waals surface area contributed by atoms with Crippen LogP contribution in [0.1, 0.15) is 32.8 Å². The van der Waals surface area contributed by atoms with Gasteiger partial charge in [0, 0.05) is 39.5 Å². The number of carbonyl (C=O) groups excluding carboxylic acids is 2. The molecule has 2 N–H and O–H groups in total. The van der Waals surface area contributed by atoms with Gasteiger partial charge in [-0.1, -0.05) is 17.7 Å². The normalized spacial score (nSPS) is 19.7. The Labute approximate surface area is 193 Å². The molecule has 1 aromatic carbocycles. The number of fused-ring (bicyclic) bond motifs is 2. The van der Waals surface area contributed by atoms with Crippen molar-refractivity contribution in [2.24, 2.45) is 0 Å². The van der Waals surface area contributed by atoms with E-state index in [2.05, 4.69) is 5.32 Å². The van der Waals surface area contributed by atoms with Crippen LogP contribution >= 0.6 is 11.6 Å². The zero-order valence-electron chi connectivity index (χ0n) is 17.9. The predicted octanol–water partition coefficient (Wildman–Crippen LogP) is 1.49. The number of aromatic hydroxyl groups is 1. The molecule has 2 aliphatic rings. The molecule has 0 radical (unpaired) electrons. The lowest BCUT2D eigenvalue weighted by Crippen LogP contribution is -2.56. The summed E-state index contributed by atoms with van der Waals surface area (Å²) < 4.78 is 25.5. The highest BCUT2D eigenvalue weighted by molar-refractivity contribution is 6.30. The number of pyridine rings is 1. The van der Waals surface area contributed by atoms with E-state index in [0.29, 0.717) is 31.7 Å². The Morgan fingerprint density at radius 2 is 2.18 bits per heavy atom. The molecular weight excluding hydrogens is 457 g/mol. The molecule has 11 heteroatoms. The number of rotatable bonds is 6. The summed E-state index contributed by atoms with van der Waals surface area (Å²) >= 11 is 5.77. The van der Waals surface area contributed by atoms with Crippen molar-refractivity contribution in [2.45, 2.75) is 18.5 Å². The predicted molar refractivity (Wildman–Crippen MR) is 116 cm³/mol. The van der Waals surface area contributed by atoms with E-state index in [1.54, 1.807) is 0 Å². The molecule has 1 atom stereocenters. The average molecular weight is 480 g/mol. The van der Waals surface area contributed by atoms with E-state index in [-0.39, 0.29) is 36.0 Å². The average Bonchev–Trinajstić information content (AvgIpc) is 3.26. The zero-order chi connectivity index (χ0) is 23.8. The number of hydrogen-bond acceptors (Lipinski definition) is 6. The highest BCUT2D eigenvalue weighted by atomic mass is 35.5. The van der Waals surface area contributed by atoms with Crippen molar-refractivity contribution in [3.8, 4) is 5.75 Å². The van der Waals surface area contributed by atoms with Crippen LogP contribution in [0.3, 0.4) is 0 Å². The van der Waals surface area contributed by atoms with E-state index in [1.807, 2.05) is 0 Å². The molecular formula is C22H23ClFN3O6. The molecule has 0 saturated carbocycles. The lowest BCUT2D eigenvalue weighted by molar-refractivity contribution is 0.0424. The Balaban J connectivity index is 1.68. The SMILES string of the molecule is COCCN1CC2(CCOC2)n2cc(C(=O)NCc3ccc(F)c(Cl)c3)c(=O)c(O)c2C1=O. The molecule has 2 amide bonds. The summed E-state index contributed by atoms with van der Waals surface area (Å²) in [6.45, 7) is 1.55. The molecule has 2 aromatic rings. The fourth-order valence-electron chi connectivity index (χ4n) is 4.22. The first kappa shape index (κ1) is 23.2. The minimum atomic E-state index is -0.952. The van der Waals surface area contributed by atoms with E-state index in [4.69, 9.17) is 21.1 Å². The molecule has 1 fully saturated rings. The second-order valence-electron chi connectivity index (χ2n) is 8.12. The van der Waals surface area contributed by atoms with Crippen LogP contribution in [0, 0.1) is 5.82 Å². The van der Waals surface area contributed by atoms with Crippen LogP contribution in [0.15, 0.2) is 29.2 Å². The summed E-state index contributed by atoms with van der Waals surface area (Å²) in [6, 6.07) is 4.00. The van der Waals surface area contributed by atoms with Crippen molar-refractivity contribution < 1.29 is 28.6 Å². The molecule has 0 aliphatic carbocycles. The largest absolute Gasteiger partial charge is 0.503 e. The van der Waals surface area contributed by atoms with E-state index >= 15 is 0 Å². The second-order valence-corrected chi connectivity index (χ2v) is 8.52. The number of nitrogens with one attached hydrogen (secondary N) is 1. The molecule has 3 heterocycles. The Hall–Kier alpha value is -2.95. The lowest BCUT2D eigenvalue weighted by Gasteiger charge is -2.42. The van der Waals surface area contributed by atoms with Gasteiger partial charge in [-0.3, -0.25) is 14.4 Å². The molecule has 1 unspecified atom stereocenters. The number of halogens is 2. The van der Waals surface area contributed by atoms with Gasteiger partial charge in [-0.15, -0.1) is 0 Å². The maximum Gasteiger partial charge on any atom is 0.274 e. The van der Waals surface area contributed by atoms with Gasteiger partial charge >= 0.3 is 0 Å². The first-order valence-corrected chi connectivity index (χ1v) is 10.7. The van der Waals surface area contributed by atoms with Crippen LogP contribution in [0.2, 0.25) is 5.02 Å². The summed E-state index contributed by atoms with van der Waals surface area (Å²) in [5.41, 5.74) is -1.63. The maximum atomic E-state index is 13.4. The summed E-state index contributed by atoms with van der Waals surface area (Å²) in [5, 5.41) is 13.2. The number of carbonyl (C=O) groups is 2. The summed E-state index contributed by atoms with van der Waals surface area (Å²) in [5.74, 6) is -2.63. The molecule has 1 saturated heterocycles. The van der Waals surface area contributed by atoms with Crippen LogP contribution < -0.4 is 10.7 Å². The van der Waals surface area contributed by atoms with Crippen LogP contribution in [-0.4, -0.2) is 66.4 Å². The monoisotopic (exact) mass is 479 g/mol. The van der Waals surface area contributed by atoms with E-state index < -0.39 is 34.3 Å². The molecule has 4 rings (SSSR count). The summed E-state index contributed by atoms with van der Waals surface area (Å²) in [6.07, 6.45) is 1.85. The van der Waals surface area contributed by atoms with Crippen molar-refractivity contribution in [2.75, 3.05) is 40.0 Å². The van der Waals surface area contributed by atoms with Crippen molar-refractivity contribution in [3.05, 3.63) is 62.3 Å². The number of benzene rings is 1. The summed E-state index contributed by atoms with van der Waals surface area (Å²) in [7, 11) is 1.52. The van der Waals surface area contributed by atoms with E-state index in [0.717, 1.165) is 0 Å². The van der Waals surface area contributed by atoms with Crippen LogP contribution in [0.25, 0.3) is 0 Å². The van der Waals surface area contributed by atoms with Gasteiger partial charge in [0.1, 0.15) is 11.4 Å². The van der Waals surface area contributed by atoms with Gasteiger partial charge in [-0.2, -0.15) is 0 Å². The van der Waals surface area contributed by atoms with Gasteiger partial charge in [-0.25, -0.2) is 4.39 Å². The summed E-state index contributed by atoms with van der Waals surface area (Å²) in [4.78, 5) is 40.2. The number of ether oxygens (including phenoxy) is 2. The minimum absolute atomic E-state index is 0.0151. The van der Waals surface area contributed by atoms with Crippen molar-refractivity contribution >= 4 is 23.4 Å². The van der Waals surface area contributed by atoms with Gasteiger partial charge in [0.05, 0.1) is 23.8 Å².